The molecule has 41 heavy (non-hydrogen) atoms. The number of hydrogen-bond donors (Lipinski definition) is 5. The Labute approximate surface area is 235 Å². The third-order valence-electron chi connectivity index (χ3n) is 6.72. The fraction of sp³-hybridized carbons (Fsp3) is 0.423. The number of rotatable bonds is 9. The van der Waals surface area contributed by atoms with E-state index in [9.17, 15) is 36.3 Å². The van der Waals surface area contributed by atoms with Crippen LogP contribution in [0.1, 0.15) is 35.2 Å². The summed E-state index contributed by atoms with van der Waals surface area (Å²) >= 11 is 0. The molecule has 1 atom stereocenters. The molecule has 4 rings (SSSR count). The van der Waals surface area contributed by atoms with Crippen LogP contribution in [-0.4, -0.2) is 76.2 Å². The number of carbonyl (C=O) groups excluding carboxylic acids is 1. The van der Waals surface area contributed by atoms with Gasteiger partial charge in [-0.1, -0.05) is 18.2 Å². The van der Waals surface area contributed by atoms with E-state index in [1.807, 2.05) is 4.72 Å². The van der Waals surface area contributed by atoms with Crippen molar-refractivity contribution in [2.45, 2.75) is 42.4 Å². The zero-order valence-electron chi connectivity index (χ0n) is 21.9. The number of piperidine rings is 1. The average molecular weight is 597 g/mol. The van der Waals surface area contributed by atoms with Gasteiger partial charge in [0.25, 0.3) is 5.91 Å². The largest absolute Gasteiger partial charge is 0.480 e. The highest BCUT2D eigenvalue weighted by Gasteiger charge is 2.33. The predicted octanol–water partition coefficient (Wildman–Crippen LogP) is 1.77. The number of carboxylic acid groups (broad SMARTS) is 1. The van der Waals surface area contributed by atoms with Crippen LogP contribution in [-0.2, 0) is 21.0 Å². The first-order chi connectivity index (χ1) is 19.4. The lowest BCUT2D eigenvalue weighted by Crippen LogP contribution is -2.50. The molecule has 5 N–H and O–H groups in total. The third kappa shape index (κ3) is 8.10. The summed E-state index contributed by atoms with van der Waals surface area (Å²) in [6, 6.07) is 8.35. The fourth-order valence-corrected chi connectivity index (χ4v) is 5.73. The molecule has 0 saturated carbocycles. The highest BCUT2D eigenvalue weighted by atomic mass is 32.2. The molecule has 0 spiro atoms. The molecule has 1 amide bonds. The van der Waals surface area contributed by atoms with E-state index in [4.69, 9.17) is 0 Å². The number of amides is 1. The summed E-state index contributed by atoms with van der Waals surface area (Å²) in [5.74, 6) is -1.82. The number of carbonyl (C=O) groups is 2. The van der Waals surface area contributed by atoms with E-state index in [-0.39, 0.29) is 22.2 Å². The van der Waals surface area contributed by atoms with E-state index in [0.717, 1.165) is 31.5 Å². The summed E-state index contributed by atoms with van der Waals surface area (Å²) in [5.41, 5.74) is -1.15. The normalized spacial score (nSPS) is 17.2. The zero-order valence-corrected chi connectivity index (χ0v) is 22.8. The van der Waals surface area contributed by atoms with Crippen molar-refractivity contribution in [2.75, 3.05) is 37.6 Å². The van der Waals surface area contributed by atoms with Gasteiger partial charge in [0.2, 0.25) is 10.0 Å². The quantitative estimate of drug-likeness (QED) is 0.294. The molecule has 0 aliphatic carbocycles. The summed E-state index contributed by atoms with van der Waals surface area (Å²) in [5, 5.41) is 18.3. The van der Waals surface area contributed by atoms with Gasteiger partial charge in [-0.05, 0) is 49.6 Å². The van der Waals surface area contributed by atoms with E-state index >= 15 is 0 Å². The summed E-state index contributed by atoms with van der Waals surface area (Å²) in [6.45, 7) is 1.74. The Morgan fingerprint density at radius 3 is 2.44 bits per heavy atom. The standard InChI is InChI=1S/C26H31F3N6O5S/c27-26(28,29)18-13-17(14-20(15-18)35-11-7-19(8-12-35)33-25-30-9-4-10-31-25)23(36)32-16-22(24(37)38)34-41(39,40)21-5-2-1-3-6-21/h1-3,5-6,13-15,19,22,34H,4,7-12,16H2,(H,32,36)(H,37,38)(H2,30,31,33)/t22-/m0/s1. The Morgan fingerprint density at radius 1 is 1.12 bits per heavy atom. The molecule has 1 fully saturated rings. The fourth-order valence-electron chi connectivity index (χ4n) is 4.52. The van der Waals surface area contributed by atoms with E-state index in [1.165, 1.54) is 30.3 Å². The van der Waals surface area contributed by atoms with Gasteiger partial charge in [0, 0.05) is 50.0 Å². The Balaban J connectivity index is 1.45. The van der Waals surface area contributed by atoms with E-state index in [0.29, 0.717) is 32.0 Å². The van der Waals surface area contributed by atoms with Crippen LogP contribution in [0.25, 0.3) is 0 Å². The Kier molecular flexibility index (Phi) is 9.38. The maximum atomic E-state index is 13.7. The van der Waals surface area contributed by atoms with Crippen LogP contribution >= 0.6 is 0 Å². The minimum atomic E-state index is -4.73. The van der Waals surface area contributed by atoms with Gasteiger partial charge in [0.05, 0.1) is 10.5 Å². The molecule has 0 radical (unpaired) electrons. The number of aliphatic carboxylic acids is 1. The van der Waals surface area contributed by atoms with Crippen LogP contribution in [0.5, 0.6) is 0 Å². The molecule has 0 unspecified atom stereocenters. The maximum Gasteiger partial charge on any atom is 0.416 e. The average Bonchev–Trinajstić information content (AvgIpc) is 2.95. The number of benzene rings is 2. The van der Waals surface area contributed by atoms with Crippen LogP contribution in [0.3, 0.4) is 0 Å². The molecular weight excluding hydrogens is 565 g/mol. The van der Waals surface area contributed by atoms with Gasteiger partial charge in [-0.25, -0.2) is 8.42 Å². The minimum Gasteiger partial charge on any atom is -0.480 e. The molecule has 2 aromatic rings. The van der Waals surface area contributed by atoms with Crippen molar-refractivity contribution in [3.63, 3.8) is 0 Å². The Morgan fingerprint density at radius 2 is 1.83 bits per heavy atom. The Bertz CT molecular complexity index is 1380. The van der Waals surface area contributed by atoms with Crippen molar-refractivity contribution in [3.8, 4) is 0 Å². The van der Waals surface area contributed by atoms with Crippen LogP contribution in [0, 0.1) is 0 Å². The van der Waals surface area contributed by atoms with Gasteiger partial charge in [-0.3, -0.25) is 14.6 Å². The molecule has 0 bridgehead atoms. The molecule has 15 heteroatoms. The number of anilines is 1. The van der Waals surface area contributed by atoms with Gasteiger partial charge >= 0.3 is 12.1 Å². The number of sulfonamides is 1. The van der Waals surface area contributed by atoms with Crippen molar-refractivity contribution < 1.29 is 36.3 Å². The second-order valence-corrected chi connectivity index (χ2v) is 11.4. The Hall–Kier alpha value is -3.85. The van der Waals surface area contributed by atoms with Crippen LogP contribution in [0.2, 0.25) is 0 Å². The summed E-state index contributed by atoms with van der Waals surface area (Å²) < 4.78 is 68.3. The van der Waals surface area contributed by atoms with Crippen LogP contribution < -0.4 is 25.6 Å². The number of halogens is 3. The van der Waals surface area contributed by atoms with Gasteiger partial charge < -0.3 is 26.0 Å². The number of nitrogens with one attached hydrogen (secondary N) is 4. The van der Waals surface area contributed by atoms with Gasteiger partial charge in [-0.2, -0.15) is 17.9 Å². The third-order valence-corrected chi connectivity index (χ3v) is 8.21. The number of alkyl halides is 3. The molecule has 2 aliphatic heterocycles. The van der Waals surface area contributed by atoms with Crippen molar-refractivity contribution in [2.24, 2.45) is 4.99 Å². The maximum absolute atomic E-state index is 13.7. The lowest BCUT2D eigenvalue weighted by Gasteiger charge is -2.35. The molecule has 11 nitrogen and oxygen atoms in total. The molecule has 2 aromatic carbocycles. The van der Waals surface area contributed by atoms with Gasteiger partial charge in [0.1, 0.15) is 6.04 Å². The first kappa shape index (κ1) is 30.1. The predicted molar refractivity (Wildman–Crippen MR) is 145 cm³/mol. The number of carboxylic acids is 1. The molecule has 1 saturated heterocycles. The second kappa shape index (κ2) is 12.8. The lowest BCUT2D eigenvalue weighted by molar-refractivity contribution is -0.139. The first-order valence-corrected chi connectivity index (χ1v) is 14.5. The van der Waals surface area contributed by atoms with Gasteiger partial charge in [-0.15, -0.1) is 0 Å². The number of guanidine groups is 1. The number of nitrogens with zero attached hydrogens (tertiary/aromatic N) is 2. The smallest absolute Gasteiger partial charge is 0.416 e. The zero-order chi connectivity index (χ0) is 29.6. The highest BCUT2D eigenvalue weighted by molar-refractivity contribution is 7.89. The molecule has 0 aromatic heterocycles. The van der Waals surface area contributed by atoms with Crippen molar-refractivity contribution in [3.05, 3.63) is 59.7 Å². The highest BCUT2D eigenvalue weighted by Crippen LogP contribution is 2.34. The molecule has 2 aliphatic rings. The van der Waals surface area contributed by atoms with E-state index < -0.39 is 46.2 Å². The lowest BCUT2D eigenvalue weighted by atomic mass is 10.0. The van der Waals surface area contributed by atoms with Crippen molar-refractivity contribution in [1.29, 1.82) is 0 Å². The van der Waals surface area contributed by atoms with Crippen molar-refractivity contribution >= 4 is 33.5 Å². The van der Waals surface area contributed by atoms with Crippen LogP contribution in [0.15, 0.2) is 58.4 Å². The molecule has 222 valence electrons. The summed E-state index contributed by atoms with van der Waals surface area (Å²) in [6.07, 6.45) is -2.50. The number of aliphatic imine (C=N–C) groups is 1. The van der Waals surface area contributed by atoms with E-state index in [1.54, 1.807) is 11.0 Å². The summed E-state index contributed by atoms with van der Waals surface area (Å²) in [7, 11) is -4.23. The topological polar surface area (TPSA) is 152 Å². The SMILES string of the molecule is O=C(NC[C@H](NS(=O)(=O)c1ccccc1)C(=O)O)c1cc(N2CCC(NC3=NCCCN3)CC2)cc(C(F)(F)F)c1. The minimum absolute atomic E-state index is 0.0942. The van der Waals surface area contributed by atoms with Gasteiger partial charge in [0.15, 0.2) is 5.96 Å². The van der Waals surface area contributed by atoms with E-state index in [2.05, 4.69) is 20.9 Å². The molecular formula is C26H31F3N6O5S. The number of hydrogen-bond acceptors (Lipinski definition) is 8. The van der Waals surface area contributed by atoms with Crippen molar-refractivity contribution in [1.82, 2.24) is 20.7 Å². The summed E-state index contributed by atoms with van der Waals surface area (Å²) in [4.78, 5) is 30.6. The first-order valence-electron chi connectivity index (χ1n) is 13.0. The van der Waals surface area contributed by atoms with Crippen LogP contribution in [0.4, 0.5) is 18.9 Å². The monoisotopic (exact) mass is 596 g/mol. The second-order valence-electron chi connectivity index (χ2n) is 9.72. The molecule has 2 heterocycles.